The third-order valence-corrected chi connectivity index (χ3v) is 5.84. The molecule has 136 valence electrons. The number of nitrogens with one attached hydrogen (secondary N) is 1. The van der Waals surface area contributed by atoms with Gasteiger partial charge in [-0.15, -0.1) is 0 Å². The Hall–Kier alpha value is -1.56. The zero-order valence-electron chi connectivity index (χ0n) is 14.4. The topological polar surface area (TPSA) is 58.6 Å². The summed E-state index contributed by atoms with van der Waals surface area (Å²) in [7, 11) is 0. The first-order chi connectivity index (χ1) is 12.1. The van der Waals surface area contributed by atoms with Crippen LogP contribution in [0, 0.1) is 5.41 Å². The van der Waals surface area contributed by atoms with E-state index in [1.165, 1.54) is 19.3 Å². The maximum Gasteiger partial charge on any atom is 0.411 e. The van der Waals surface area contributed by atoms with E-state index in [0.717, 1.165) is 30.3 Å². The van der Waals surface area contributed by atoms with Crippen LogP contribution < -0.4 is 5.32 Å². The van der Waals surface area contributed by atoms with E-state index in [9.17, 15) is 9.59 Å². The molecule has 1 N–H and O–H groups in total. The Morgan fingerprint density at radius 1 is 1.16 bits per heavy atom. The fourth-order valence-electron chi connectivity index (χ4n) is 3.91. The second-order valence-corrected chi connectivity index (χ2v) is 7.92. The number of carbonyl (C=O) groups is 2. The van der Waals surface area contributed by atoms with Crippen molar-refractivity contribution in [1.82, 2.24) is 4.90 Å². The molecule has 1 spiro atoms. The molecule has 6 heteroatoms. The monoisotopic (exact) mass is 408 g/mol. The van der Waals surface area contributed by atoms with Crippen molar-refractivity contribution >= 4 is 33.6 Å². The van der Waals surface area contributed by atoms with E-state index in [2.05, 4.69) is 21.2 Å². The lowest BCUT2D eigenvalue weighted by Gasteiger charge is -2.31. The van der Waals surface area contributed by atoms with Crippen molar-refractivity contribution in [1.29, 1.82) is 0 Å². The van der Waals surface area contributed by atoms with E-state index in [4.69, 9.17) is 4.74 Å². The van der Waals surface area contributed by atoms with E-state index in [1.807, 2.05) is 17.0 Å². The normalized spacial score (nSPS) is 19.2. The molecule has 2 amide bonds. The van der Waals surface area contributed by atoms with Gasteiger partial charge in [-0.2, -0.15) is 0 Å². The third-order valence-electron chi connectivity index (χ3n) is 5.31. The molecule has 1 saturated heterocycles. The summed E-state index contributed by atoms with van der Waals surface area (Å²) in [6.07, 6.45) is 6.93. The van der Waals surface area contributed by atoms with Gasteiger partial charge in [-0.25, -0.2) is 4.79 Å². The largest absolute Gasteiger partial charge is 0.449 e. The summed E-state index contributed by atoms with van der Waals surface area (Å²) >= 11 is 3.35. The fraction of sp³-hybridized carbons (Fsp3) is 0.579. The third kappa shape index (κ3) is 4.54. The maximum absolute atomic E-state index is 12.7. The summed E-state index contributed by atoms with van der Waals surface area (Å²) in [5.41, 5.74) is 0.625. The second kappa shape index (κ2) is 8.21. The lowest BCUT2D eigenvalue weighted by molar-refractivity contribution is -0.137. The van der Waals surface area contributed by atoms with Gasteiger partial charge in [0.05, 0.1) is 12.0 Å². The number of hydrogen-bond donors (Lipinski definition) is 1. The van der Waals surface area contributed by atoms with Crippen LogP contribution in [0.15, 0.2) is 28.7 Å². The molecule has 0 radical (unpaired) electrons. The first kappa shape index (κ1) is 18.2. The first-order valence-electron chi connectivity index (χ1n) is 9.08. The zero-order valence-corrected chi connectivity index (χ0v) is 16.0. The Kier molecular flexibility index (Phi) is 5.99. The summed E-state index contributed by atoms with van der Waals surface area (Å²) in [6.45, 7) is 1.84. The minimum atomic E-state index is -0.459. The molecular weight excluding hydrogens is 384 g/mol. The maximum atomic E-state index is 12.7. The highest BCUT2D eigenvalue weighted by Crippen LogP contribution is 2.44. The molecule has 5 nitrogen and oxygen atoms in total. The smallest absolute Gasteiger partial charge is 0.411 e. The molecule has 0 bridgehead atoms. The Morgan fingerprint density at radius 3 is 2.60 bits per heavy atom. The molecule has 2 fully saturated rings. The molecule has 1 aromatic rings. The first-order valence-corrected chi connectivity index (χ1v) is 9.87. The summed E-state index contributed by atoms with van der Waals surface area (Å²) in [5.74, 6) is 0.325. The Morgan fingerprint density at radius 2 is 1.88 bits per heavy atom. The highest BCUT2D eigenvalue weighted by Gasteiger charge is 2.46. The van der Waals surface area contributed by atoms with Crippen LogP contribution in [0.1, 0.15) is 44.9 Å². The highest BCUT2D eigenvalue weighted by molar-refractivity contribution is 9.10. The highest BCUT2D eigenvalue weighted by atomic mass is 79.9. The van der Waals surface area contributed by atoms with Gasteiger partial charge < -0.3 is 9.64 Å². The van der Waals surface area contributed by atoms with Crippen LogP contribution in [0.2, 0.25) is 0 Å². The molecule has 3 rings (SSSR count). The lowest BCUT2D eigenvalue weighted by Crippen LogP contribution is -2.36. The van der Waals surface area contributed by atoms with Crippen LogP contribution in [0.5, 0.6) is 0 Å². The van der Waals surface area contributed by atoms with Crippen LogP contribution in [0.25, 0.3) is 0 Å². The van der Waals surface area contributed by atoms with Crippen LogP contribution in [-0.2, 0) is 9.53 Å². The molecular formula is C19H25BrN2O3. The SMILES string of the molecule is O=C(Nc1ccc(Br)cc1)OCCCN1CCC2(CCCCC2)C1=O. The van der Waals surface area contributed by atoms with Crippen molar-refractivity contribution < 1.29 is 14.3 Å². The molecule has 2 aliphatic rings. The van der Waals surface area contributed by atoms with Gasteiger partial charge in [-0.1, -0.05) is 35.2 Å². The van der Waals surface area contributed by atoms with Crippen molar-refractivity contribution in [2.75, 3.05) is 25.0 Å². The molecule has 25 heavy (non-hydrogen) atoms. The molecule has 1 heterocycles. The van der Waals surface area contributed by atoms with Crippen LogP contribution in [-0.4, -0.2) is 36.6 Å². The average Bonchev–Trinajstić information content (AvgIpc) is 2.91. The number of amides is 2. The number of hydrogen-bond acceptors (Lipinski definition) is 3. The molecule has 0 unspecified atom stereocenters. The minimum Gasteiger partial charge on any atom is -0.449 e. The number of carbonyl (C=O) groups excluding carboxylic acids is 2. The average molecular weight is 409 g/mol. The minimum absolute atomic E-state index is 0.0714. The van der Waals surface area contributed by atoms with E-state index < -0.39 is 6.09 Å². The number of benzene rings is 1. The Bertz CT molecular complexity index is 612. The second-order valence-electron chi connectivity index (χ2n) is 7.00. The lowest BCUT2D eigenvalue weighted by atomic mass is 9.73. The summed E-state index contributed by atoms with van der Waals surface area (Å²) in [6, 6.07) is 7.32. The van der Waals surface area contributed by atoms with Gasteiger partial charge in [-0.05, 0) is 49.9 Å². The number of nitrogens with zero attached hydrogens (tertiary/aromatic N) is 1. The number of halogens is 1. The van der Waals surface area contributed by atoms with Gasteiger partial charge >= 0.3 is 6.09 Å². The number of ether oxygens (including phenoxy) is 1. The quantitative estimate of drug-likeness (QED) is 0.725. The van der Waals surface area contributed by atoms with Gasteiger partial charge in [0.2, 0.25) is 5.91 Å². The van der Waals surface area contributed by atoms with Gasteiger partial charge in [0.1, 0.15) is 0 Å². The van der Waals surface area contributed by atoms with Crippen molar-refractivity contribution in [2.24, 2.45) is 5.41 Å². The molecule has 1 aliphatic heterocycles. The number of likely N-dealkylation sites (tertiary alicyclic amines) is 1. The summed E-state index contributed by atoms with van der Waals surface area (Å²) in [5, 5.41) is 2.69. The Labute approximate surface area is 157 Å². The molecule has 1 aromatic carbocycles. The predicted molar refractivity (Wildman–Crippen MR) is 100 cm³/mol. The molecule has 0 aromatic heterocycles. The summed E-state index contributed by atoms with van der Waals surface area (Å²) in [4.78, 5) is 26.4. The predicted octanol–water partition coefficient (Wildman–Crippen LogP) is 4.57. The zero-order chi connectivity index (χ0) is 17.7. The van der Waals surface area contributed by atoms with Crippen LogP contribution >= 0.6 is 15.9 Å². The number of rotatable bonds is 5. The van der Waals surface area contributed by atoms with Gasteiger partial charge in [-0.3, -0.25) is 10.1 Å². The molecule has 1 saturated carbocycles. The van der Waals surface area contributed by atoms with Crippen molar-refractivity contribution in [3.63, 3.8) is 0 Å². The fourth-order valence-corrected chi connectivity index (χ4v) is 4.17. The van der Waals surface area contributed by atoms with Gasteiger partial charge in [0, 0.05) is 23.2 Å². The molecule has 1 aliphatic carbocycles. The van der Waals surface area contributed by atoms with Crippen LogP contribution in [0.3, 0.4) is 0 Å². The standard InChI is InChI=1S/C19H25BrN2O3/c20-15-5-7-16(8-6-15)21-18(24)25-14-4-12-22-13-11-19(17(22)23)9-2-1-3-10-19/h5-8H,1-4,9-14H2,(H,21,24). The van der Waals surface area contributed by atoms with Crippen molar-refractivity contribution in [3.8, 4) is 0 Å². The number of anilines is 1. The van der Waals surface area contributed by atoms with Gasteiger partial charge in [0.15, 0.2) is 0 Å². The molecule has 0 atom stereocenters. The van der Waals surface area contributed by atoms with E-state index in [-0.39, 0.29) is 5.41 Å². The van der Waals surface area contributed by atoms with Gasteiger partial charge in [0.25, 0.3) is 0 Å². The van der Waals surface area contributed by atoms with E-state index in [1.54, 1.807) is 12.1 Å². The van der Waals surface area contributed by atoms with Crippen LogP contribution in [0.4, 0.5) is 10.5 Å². The van der Waals surface area contributed by atoms with E-state index >= 15 is 0 Å². The Balaban J connectivity index is 1.36. The van der Waals surface area contributed by atoms with E-state index in [0.29, 0.717) is 31.2 Å². The van der Waals surface area contributed by atoms with Crippen molar-refractivity contribution in [3.05, 3.63) is 28.7 Å². The van der Waals surface area contributed by atoms with Crippen molar-refractivity contribution in [2.45, 2.75) is 44.9 Å². The summed E-state index contributed by atoms with van der Waals surface area (Å²) < 4.78 is 6.16.